The maximum Gasteiger partial charge on any atom is 0.336 e. The Morgan fingerprint density at radius 2 is 1.36 bits per heavy atom. The molecule has 0 bridgehead atoms. The Balaban J connectivity index is 2.07. The van der Waals surface area contributed by atoms with Crippen LogP contribution in [-0.2, 0) is 8.98 Å². The van der Waals surface area contributed by atoms with Crippen LogP contribution in [0.25, 0.3) is 11.0 Å². The number of fused-ring (bicyclic) bond motifs is 1. The van der Waals surface area contributed by atoms with Crippen LogP contribution < -0.4 is 5.63 Å². The van der Waals surface area contributed by atoms with Crippen molar-refractivity contribution in [1.29, 1.82) is 0 Å². The molecule has 4 aromatic rings. The molecule has 0 aliphatic carbocycles. The van der Waals surface area contributed by atoms with Gasteiger partial charge in [-0.2, -0.15) is 0 Å². The van der Waals surface area contributed by atoms with Crippen LogP contribution >= 0.6 is 10.3 Å². The molecule has 0 amide bonds. The zero-order chi connectivity index (χ0) is 19.6. The van der Waals surface area contributed by atoms with Gasteiger partial charge in [-0.3, -0.25) is 4.79 Å². The molecule has 0 spiro atoms. The molecule has 4 rings (SSSR count). The Labute approximate surface area is 163 Å². The lowest BCUT2D eigenvalue weighted by molar-refractivity contribution is -0.131. The highest BCUT2D eigenvalue weighted by molar-refractivity contribution is 8.30. The van der Waals surface area contributed by atoms with E-state index in [1.807, 2.05) is 72.8 Å². The molecule has 28 heavy (non-hydrogen) atoms. The number of rotatable bonds is 4. The van der Waals surface area contributed by atoms with Crippen molar-refractivity contribution in [3.05, 3.63) is 101 Å². The van der Waals surface area contributed by atoms with Gasteiger partial charge in [-0.15, -0.1) is 0 Å². The third-order valence-corrected chi connectivity index (χ3v) is 7.59. The monoisotopic (exact) mass is 390 g/mol. The van der Waals surface area contributed by atoms with Crippen LogP contribution in [0.1, 0.15) is 6.92 Å². The van der Waals surface area contributed by atoms with Gasteiger partial charge in [0.25, 0.3) is 0 Å². The summed E-state index contributed by atoms with van der Waals surface area (Å²) in [5, 5.41) is 0.806. The van der Waals surface area contributed by atoms with Crippen molar-refractivity contribution >= 4 is 27.2 Å². The summed E-state index contributed by atoms with van der Waals surface area (Å²) in [7, 11) is -2.35. The fourth-order valence-electron chi connectivity index (χ4n) is 3.17. The first-order valence-corrected chi connectivity index (χ1v) is 10.3. The van der Waals surface area contributed by atoms with Crippen molar-refractivity contribution in [2.45, 2.75) is 21.6 Å². The summed E-state index contributed by atoms with van der Waals surface area (Å²) < 4.78 is 11.5. The topological polar surface area (TPSA) is 56.5 Å². The van der Waals surface area contributed by atoms with Gasteiger partial charge in [0.2, 0.25) is 0 Å². The van der Waals surface area contributed by atoms with Gasteiger partial charge in [-0.25, -0.2) is 4.79 Å². The lowest BCUT2D eigenvalue weighted by Crippen LogP contribution is -2.11. The Morgan fingerprint density at radius 1 is 0.786 bits per heavy atom. The summed E-state index contributed by atoms with van der Waals surface area (Å²) in [6.07, 6.45) is 0. The van der Waals surface area contributed by atoms with E-state index in [9.17, 15) is 9.59 Å². The molecule has 140 valence electrons. The highest BCUT2D eigenvalue weighted by atomic mass is 32.3. The standard InChI is InChI=1S/C23H18O4S/c1-17(24)27-28(19-8-4-2-5-9-19,20-10-6-3-7-11-20)21-14-12-18-13-15-23(25)26-22(18)16-21/h2-16H,1H3. The van der Waals surface area contributed by atoms with Crippen LogP contribution in [-0.4, -0.2) is 5.97 Å². The maximum absolute atomic E-state index is 12.2. The predicted octanol–water partition coefficient (Wildman–Crippen LogP) is 5.55. The van der Waals surface area contributed by atoms with E-state index in [1.54, 1.807) is 12.1 Å². The average Bonchev–Trinajstić information content (AvgIpc) is 2.72. The molecule has 0 saturated carbocycles. The summed E-state index contributed by atoms with van der Waals surface area (Å²) in [5.41, 5.74) is 0.0399. The van der Waals surface area contributed by atoms with Crippen molar-refractivity contribution in [3.63, 3.8) is 0 Å². The van der Waals surface area contributed by atoms with Gasteiger partial charge in [-0.1, -0.05) is 42.5 Å². The molecule has 5 heteroatoms. The molecule has 0 N–H and O–H groups in total. The molecule has 1 heterocycles. The Morgan fingerprint density at radius 3 is 1.93 bits per heavy atom. The van der Waals surface area contributed by atoms with Gasteiger partial charge >= 0.3 is 11.6 Å². The fraction of sp³-hybridized carbons (Fsp3) is 0.0435. The Bertz CT molecular complexity index is 1140. The van der Waals surface area contributed by atoms with Crippen molar-refractivity contribution in [2.75, 3.05) is 0 Å². The maximum atomic E-state index is 12.2. The summed E-state index contributed by atoms with van der Waals surface area (Å²) in [5.74, 6) is -0.377. The molecule has 0 atom stereocenters. The summed E-state index contributed by atoms with van der Waals surface area (Å²) in [6, 6.07) is 28.1. The molecule has 3 aromatic carbocycles. The van der Waals surface area contributed by atoms with E-state index in [4.69, 9.17) is 8.60 Å². The minimum absolute atomic E-state index is 0.377. The van der Waals surface area contributed by atoms with E-state index in [2.05, 4.69) is 0 Å². The normalized spacial score (nSPS) is 11.9. The predicted molar refractivity (Wildman–Crippen MR) is 110 cm³/mol. The number of hydrogen-bond acceptors (Lipinski definition) is 4. The Hall–Kier alpha value is -3.31. The summed E-state index contributed by atoms with van der Waals surface area (Å²) in [4.78, 5) is 26.5. The smallest absolute Gasteiger partial charge is 0.336 e. The minimum atomic E-state index is -2.35. The van der Waals surface area contributed by atoms with E-state index < -0.39 is 15.9 Å². The first-order chi connectivity index (χ1) is 13.6. The van der Waals surface area contributed by atoms with E-state index in [-0.39, 0.29) is 5.97 Å². The average molecular weight is 390 g/mol. The van der Waals surface area contributed by atoms with Gasteiger partial charge in [0.05, 0.1) is 0 Å². The van der Waals surface area contributed by atoms with Crippen LogP contribution in [0, 0.1) is 0 Å². The van der Waals surface area contributed by atoms with Crippen LogP contribution in [0.4, 0.5) is 0 Å². The van der Waals surface area contributed by atoms with Gasteiger partial charge in [0, 0.05) is 33.1 Å². The largest absolute Gasteiger partial charge is 0.423 e. The first kappa shape index (κ1) is 18.1. The molecule has 0 radical (unpaired) electrons. The van der Waals surface area contributed by atoms with E-state index in [0.717, 1.165) is 20.1 Å². The quantitative estimate of drug-likeness (QED) is 0.429. The van der Waals surface area contributed by atoms with Crippen molar-refractivity contribution in [3.8, 4) is 0 Å². The zero-order valence-electron chi connectivity index (χ0n) is 15.2. The summed E-state index contributed by atoms with van der Waals surface area (Å²) >= 11 is 0. The number of carbonyl (C=O) groups excluding carboxylic acids is 1. The fourth-order valence-corrected chi connectivity index (χ4v) is 6.24. The van der Waals surface area contributed by atoms with Crippen LogP contribution in [0.5, 0.6) is 0 Å². The third kappa shape index (κ3) is 3.21. The lowest BCUT2D eigenvalue weighted by atomic mass is 10.2. The van der Waals surface area contributed by atoms with Crippen LogP contribution in [0.2, 0.25) is 0 Å². The number of hydrogen-bond donors (Lipinski definition) is 0. The zero-order valence-corrected chi connectivity index (χ0v) is 16.0. The van der Waals surface area contributed by atoms with Gasteiger partial charge in [-0.05, 0) is 52.8 Å². The van der Waals surface area contributed by atoms with Gasteiger partial charge < -0.3 is 8.60 Å². The van der Waals surface area contributed by atoms with Crippen molar-refractivity contribution < 1.29 is 13.4 Å². The molecule has 0 aliphatic rings. The highest BCUT2D eigenvalue weighted by Gasteiger charge is 2.35. The molecule has 0 fully saturated rings. The molecular weight excluding hydrogens is 372 g/mol. The second-order valence-corrected chi connectivity index (χ2v) is 8.90. The molecule has 0 saturated heterocycles. The van der Waals surface area contributed by atoms with Crippen LogP contribution in [0.15, 0.2) is 115 Å². The molecule has 1 aromatic heterocycles. The second-order valence-electron chi connectivity index (χ2n) is 6.21. The Kier molecular flexibility index (Phi) is 4.75. The second kappa shape index (κ2) is 7.37. The van der Waals surface area contributed by atoms with E-state index in [0.29, 0.717) is 5.58 Å². The first-order valence-electron chi connectivity index (χ1n) is 8.77. The van der Waals surface area contributed by atoms with Gasteiger partial charge in [0.1, 0.15) is 5.58 Å². The molecular formula is C23H18O4S. The summed E-state index contributed by atoms with van der Waals surface area (Å²) in [6.45, 7) is 1.41. The molecule has 0 unspecified atom stereocenters. The van der Waals surface area contributed by atoms with Gasteiger partial charge in [0.15, 0.2) is 0 Å². The lowest BCUT2D eigenvalue weighted by Gasteiger charge is -2.39. The van der Waals surface area contributed by atoms with Crippen LogP contribution in [0.3, 0.4) is 0 Å². The van der Waals surface area contributed by atoms with Crippen molar-refractivity contribution in [2.24, 2.45) is 0 Å². The third-order valence-electron chi connectivity index (χ3n) is 4.32. The highest BCUT2D eigenvalue weighted by Crippen LogP contribution is 2.69. The minimum Gasteiger partial charge on any atom is -0.423 e. The number of benzene rings is 3. The SMILES string of the molecule is CC(=O)OS(c1ccccc1)(c1ccccc1)c1ccc2ccc(=O)oc2c1. The van der Waals surface area contributed by atoms with E-state index in [1.165, 1.54) is 13.0 Å². The van der Waals surface area contributed by atoms with Crippen molar-refractivity contribution in [1.82, 2.24) is 0 Å². The molecule has 4 nitrogen and oxygen atoms in total. The molecule has 0 aliphatic heterocycles. The van der Waals surface area contributed by atoms with E-state index >= 15 is 0 Å². The number of carbonyl (C=O) groups is 1.